The molecule has 0 saturated carbocycles. The molecular weight excluding hydrogens is 317 g/mol. The summed E-state index contributed by atoms with van der Waals surface area (Å²) < 4.78 is 45.8. The molecule has 2 atom stereocenters. The topological polar surface area (TPSA) is 80.8 Å². The molecule has 1 N–H and O–H groups in total. The predicted octanol–water partition coefficient (Wildman–Crippen LogP) is 1.97. The monoisotopic (exact) mass is 342 g/mol. The van der Waals surface area contributed by atoms with Crippen LogP contribution in [0.25, 0.3) is 0 Å². The Balaban J connectivity index is 1.97. The molecule has 132 valence electrons. The number of carbonyl (C=O) groups is 2. The Morgan fingerprint density at radius 2 is 2.17 bits per heavy atom. The molecule has 2 heterocycles. The van der Waals surface area contributed by atoms with Crippen molar-refractivity contribution in [3.8, 4) is 5.75 Å². The lowest BCUT2D eigenvalue weighted by Gasteiger charge is -2.45. The quantitative estimate of drug-likeness (QED) is 0.850. The zero-order valence-corrected chi connectivity index (χ0v) is 13.9. The molecule has 24 heavy (non-hydrogen) atoms. The van der Waals surface area contributed by atoms with Gasteiger partial charge in [-0.1, -0.05) is 0 Å². The number of nitrogens with one attached hydrogen (secondary N) is 1. The zero-order valence-electron chi connectivity index (χ0n) is 16.9. The van der Waals surface area contributed by atoms with E-state index < -0.39 is 36.6 Å². The van der Waals surface area contributed by atoms with Crippen molar-refractivity contribution in [2.75, 3.05) is 13.5 Å². The maximum Gasteiger partial charge on any atom is 0.410 e. The lowest BCUT2D eigenvalue weighted by molar-refractivity contribution is -0.0547. The Labute approximate surface area is 144 Å². The van der Waals surface area contributed by atoms with Crippen molar-refractivity contribution in [2.45, 2.75) is 45.4 Å². The molecule has 1 saturated heterocycles. The van der Waals surface area contributed by atoms with E-state index in [1.807, 2.05) is 0 Å². The second kappa shape index (κ2) is 6.62. The van der Waals surface area contributed by atoms with Crippen LogP contribution in [0.1, 0.15) is 42.3 Å². The van der Waals surface area contributed by atoms with Gasteiger partial charge < -0.3 is 14.8 Å². The lowest BCUT2D eigenvalue weighted by atomic mass is 10.0. The van der Waals surface area contributed by atoms with E-state index in [-0.39, 0.29) is 24.0 Å². The second-order valence-corrected chi connectivity index (χ2v) is 6.47. The third kappa shape index (κ3) is 3.93. The van der Waals surface area contributed by atoms with E-state index >= 15 is 0 Å². The normalized spacial score (nSPS) is 22.5. The van der Waals surface area contributed by atoms with Crippen LogP contribution < -0.4 is 10.1 Å². The molecule has 2 rings (SSSR count). The number of hydrogen-bond acceptors (Lipinski definition) is 5. The van der Waals surface area contributed by atoms with E-state index in [9.17, 15) is 14.0 Å². The maximum absolute atomic E-state index is 14.1. The number of carbonyl (C=O) groups excluding carboxylic acids is 2. The van der Waals surface area contributed by atoms with Gasteiger partial charge in [0.2, 0.25) is 0 Å². The number of aromatic nitrogens is 1. The summed E-state index contributed by atoms with van der Waals surface area (Å²) in [6, 6.07) is 2.02. The zero-order chi connectivity index (χ0) is 20.6. The summed E-state index contributed by atoms with van der Waals surface area (Å²) in [7, 11) is 0. The summed E-state index contributed by atoms with van der Waals surface area (Å²) in [4.78, 5) is 28.6. The lowest BCUT2D eigenvalue weighted by Crippen LogP contribution is -2.63. The van der Waals surface area contributed by atoms with Crippen molar-refractivity contribution < 1.29 is 27.6 Å². The maximum atomic E-state index is 14.1. The van der Waals surface area contributed by atoms with Gasteiger partial charge >= 0.3 is 6.09 Å². The molecule has 1 aromatic rings. The first-order valence-corrected chi connectivity index (χ1v) is 7.42. The SMILES string of the molecule is [2H]C([2H])([2H])NC(=O)c1ccc(O[C@H]2CN(C(=O)OC(C)(C)C)C2C)c(F)n1. The number of ether oxygens (including phenoxy) is 2. The van der Waals surface area contributed by atoms with Crippen LogP contribution in [0.5, 0.6) is 5.75 Å². The van der Waals surface area contributed by atoms with Gasteiger partial charge in [-0.3, -0.25) is 9.69 Å². The van der Waals surface area contributed by atoms with Crippen molar-refractivity contribution in [3.63, 3.8) is 0 Å². The Kier molecular flexibility index (Phi) is 3.86. The average Bonchev–Trinajstić information content (AvgIpc) is 2.48. The number of amides is 2. The van der Waals surface area contributed by atoms with Gasteiger partial charge in [0.1, 0.15) is 17.4 Å². The third-order valence-electron chi connectivity index (χ3n) is 3.47. The van der Waals surface area contributed by atoms with Crippen molar-refractivity contribution in [1.29, 1.82) is 0 Å². The number of rotatable bonds is 3. The first kappa shape index (κ1) is 14.0. The summed E-state index contributed by atoms with van der Waals surface area (Å²) in [6.45, 7) is 4.53. The van der Waals surface area contributed by atoms with Gasteiger partial charge in [-0.05, 0) is 39.8 Å². The van der Waals surface area contributed by atoms with Crippen LogP contribution in [0.4, 0.5) is 9.18 Å². The van der Waals surface area contributed by atoms with Gasteiger partial charge in [-0.25, -0.2) is 9.78 Å². The largest absolute Gasteiger partial charge is 0.482 e. The fraction of sp³-hybridized carbons (Fsp3) is 0.562. The number of hydrogen-bond donors (Lipinski definition) is 1. The Bertz CT molecular complexity index is 737. The molecule has 1 unspecified atom stereocenters. The van der Waals surface area contributed by atoms with Gasteiger partial charge in [0.15, 0.2) is 5.75 Å². The first-order chi connectivity index (χ1) is 12.3. The minimum absolute atomic E-state index is 0.193. The van der Waals surface area contributed by atoms with Crippen LogP contribution in [0.2, 0.25) is 0 Å². The number of pyridine rings is 1. The molecule has 1 aliphatic heterocycles. The van der Waals surface area contributed by atoms with Gasteiger partial charge in [-0.2, -0.15) is 4.39 Å². The van der Waals surface area contributed by atoms with Crippen molar-refractivity contribution >= 4 is 12.0 Å². The third-order valence-corrected chi connectivity index (χ3v) is 3.47. The van der Waals surface area contributed by atoms with Crippen LogP contribution in [0.15, 0.2) is 12.1 Å². The number of likely N-dealkylation sites (tertiary alicyclic amines) is 1. The van der Waals surface area contributed by atoms with Gasteiger partial charge in [0, 0.05) is 11.1 Å². The smallest absolute Gasteiger partial charge is 0.410 e. The van der Waals surface area contributed by atoms with Gasteiger partial charge in [-0.15, -0.1) is 0 Å². The molecule has 2 amide bonds. The molecule has 0 spiro atoms. The summed E-state index contributed by atoms with van der Waals surface area (Å²) in [6.07, 6.45) is -0.944. The number of halogens is 1. The fourth-order valence-corrected chi connectivity index (χ4v) is 2.14. The van der Waals surface area contributed by atoms with Crippen LogP contribution in [0.3, 0.4) is 0 Å². The highest BCUT2D eigenvalue weighted by Crippen LogP contribution is 2.27. The molecule has 8 heteroatoms. The minimum atomic E-state index is -2.70. The highest BCUT2D eigenvalue weighted by Gasteiger charge is 2.42. The highest BCUT2D eigenvalue weighted by atomic mass is 19.1. The van der Waals surface area contributed by atoms with Crippen molar-refractivity contribution in [3.05, 3.63) is 23.8 Å². The van der Waals surface area contributed by atoms with E-state index in [1.54, 1.807) is 33.0 Å². The fourth-order valence-electron chi connectivity index (χ4n) is 2.14. The minimum Gasteiger partial charge on any atom is -0.482 e. The summed E-state index contributed by atoms with van der Waals surface area (Å²) in [5, 5.41) is 1.72. The number of nitrogens with zero attached hydrogens (tertiary/aromatic N) is 2. The second-order valence-electron chi connectivity index (χ2n) is 6.47. The van der Waals surface area contributed by atoms with E-state index in [4.69, 9.17) is 13.6 Å². The average molecular weight is 342 g/mol. The molecular formula is C16H22FN3O4. The molecule has 0 radical (unpaired) electrons. The molecule has 0 aromatic carbocycles. The molecule has 1 aliphatic rings. The van der Waals surface area contributed by atoms with E-state index in [2.05, 4.69) is 4.98 Å². The van der Waals surface area contributed by atoms with E-state index in [1.165, 1.54) is 11.0 Å². The predicted molar refractivity (Wildman–Crippen MR) is 84.4 cm³/mol. The van der Waals surface area contributed by atoms with Crippen LogP contribution >= 0.6 is 0 Å². The summed E-state index contributed by atoms with van der Waals surface area (Å²) in [5.41, 5.74) is -1.00. The Hall–Kier alpha value is -2.38. The van der Waals surface area contributed by atoms with E-state index in [0.717, 1.165) is 6.07 Å². The Morgan fingerprint density at radius 1 is 1.46 bits per heavy atom. The van der Waals surface area contributed by atoms with Gasteiger partial charge in [0.25, 0.3) is 11.9 Å². The highest BCUT2D eigenvalue weighted by molar-refractivity contribution is 5.92. The molecule has 1 aromatic heterocycles. The van der Waals surface area contributed by atoms with Gasteiger partial charge in [0.05, 0.1) is 12.6 Å². The van der Waals surface area contributed by atoms with Crippen molar-refractivity contribution in [2.24, 2.45) is 0 Å². The molecule has 0 bridgehead atoms. The first-order valence-electron chi connectivity index (χ1n) is 8.92. The Morgan fingerprint density at radius 3 is 2.71 bits per heavy atom. The van der Waals surface area contributed by atoms with Crippen LogP contribution in [-0.4, -0.2) is 53.2 Å². The van der Waals surface area contributed by atoms with Crippen molar-refractivity contribution in [1.82, 2.24) is 15.2 Å². The standard InChI is InChI=1S/C16H22FN3O4/c1-9-12(8-20(9)15(22)24-16(2,3)4)23-11-7-6-10(14(21)18-5)19-13(11)17/h6-7,9,12H,8H2,1-5H3,(H,18,21)/t9?,12-/m0/s1/i5D3. The van der Waals surface area contributed by atoms with Crippen LogP contribution in [0, 0.1) is 5.95 Å². The molecule has 7 nitrogen and oxygen atoms in total. The van der Waals surface area contributed by atoms with Crippen LogP contribution in [-0.2, 0) is 4.74 Å². The molecule has 0 aliphatic carbocycles. The summed E-state index contributed by atoms with van der Waals surface area (Å²) in [5.74, 6) is -2.26. The summed E-state index contributed by atoms with van der Waals surface area (Å²) >= 11 is 0. The molecule has 1 fully saturated rings. The van der Waals surface area contributed by atoms with E-state index in [0.29, 0.717) is 0 Å².